The summed E-state index contributed by atoms with van der Waals surface area (Å²) >= 11 is 3.38. The molecule has 2 aromatic rings. The number of hydrogen-bond acceptors (Lipinski definition) is 2. The lowest BCUT2D eigenvalue weighted by Gasteiger charge is -2.26. The predicted octanol–water partition coefficient (Wildman–Crippen LogP) is 3.59. The average Bonchev–Trinajstić information content (AvgIpc) is 2.50. The molecule has 1 aliphatic rings. The summed E-state index contributed by atoms with van der Waals surface area (Å²) in [6.07, 6.45) is 1.19. The summed E-state index contributed by atoms with van der Waals surface area (Å²) in [6, 6.07) is 12.9. The van der Waals surface area contributed by atoms with Gasteiger partial charge in [-0.2, -0.15) is 0 Å². The Morgan fingerprint density at radius 1 is 1.10 bits per heavy atom. The third kappa shape index (κ3) is 2.63. The quantitative estimate of drug-likeness (QED) is 0.781. The first-order chi connectivity index (χ1) is 10.1. The molecule has 0 aromatic heterocycles. The van der Waals surface area contributed by atoms with E-state index in [0.717, 1.165) is 15.7 Å². The number of benzene rings is 2. The van der Waals surface area contributed by atoms with E-state index in [-0.39, 0.29) is 11.7 Å². The minimum Gasteiger partial charge on any atom is -0.315 e. The van der Waals surface area contributed by atoms with E-state index in [1.165, 1.54) is 0 Å². The van der Waals surface area contributed by atoms with Gasteiger partial charge in [0.15, 0.2) is 5.78 Å². The lowest BCUT2D eigenvalue weighted by molar-refractivity contribution is -0.118. The van der Waals surface area contributed by atoms with E-state index >= 15 is 0 Å². The van der Waals surface area contributed by atoms with Crippen LogP contribution < -0.4 is 4.90 Å². The number of halogens is 1. The summed E-state index contributed by atoms with van der Waals surface area (Å²) in [4.78, 5) is 25.9. The van der Waals surface area contributed by atoms with Gasteiger partial charge in [0, 0.05) is 34.8 Å². The molecule has 1 amide bonds. The molecule has 4 heteroatoms. The van der Waals surface area contributed by atoms with Crippen LogP contribution >= 0.6 is 15.9 Å². The summed E-state index contributed by atoms with van der Waals surface area (Å²) in [6.45, 7) is 0. The van der Waals surface area contributed by atoms with Crippen molar-refractivity contribution in [2.24, 2.45) is 0 Å². The second-order valence-corrected chi connectivity index (χ2v) is 6.05. The summed E-state index contributed by atoms with van der Waals surface area (Å²) in [5, 5.41) is 0. The first-order valence-electron chi connectivity index (χ1n) is 6.76. The van der Waals surface area contributed by atoms with Crippen LogP contribution in [-0.2, 0) is 11.2 Å². The van der Waals surface area contributed by atoms with E-state index in [0.29, 0.717) is 24.0 Å². The zero-order chi connectivity index (χ0) is 15.0. The van der Waals surface area contributed by atoms with Gasteiger partial charge >= 0.3 is 0 Å². The number of amides is 1. The molecule has 0 saturated carbocycles. The summed E-state index contributed by atoms with van der Waals surface area (Å²) in [5.41, 5.74) is 3.27. The van der Waals surface area contributed by atoms with Crippen molar-refractivity contribution in [2.75, 3.05) is 11.9 Å². The molecule has 3 nitrogen and oxygen atoms in total. The van der Waals surface area contributed by atoms with Gasteiger partial charge in [0.1, 0.15) is 0 Å². The van der Waals surface area contributed by atoms with Gasteiger partial charge in [-0.15, -0.1) is 0 Å². The maximum Gasteiger partial charge on any atom is 0.227 e. The average molecular weight is 344 g/mol. The number of fused-ring (bicyclic) bond motifs is 1. The van der Waals surface area contributed by atoms with E-state index in [9.17, 15) is 9.59 Å². The van der Waals surface area contributed by atoms with E-state index in [4.69, 9.17) is 0 Å². The fourth-order valence-electron chi connectivity index (χ4n) is 2.59. The van der Waals surface area contributed by atoms with Crippen molar-refractivity contribution < 1.29 is 9.59 Å². The fraction of sp³-hybridized carbons (Fsp3) is 0.176. The number of anilines is 1. The van der Waals surface area contributed by atoms with E-state index in [2.05, 4.69) is 15.9 Å². The van der Waals surface area contributed by atoms with E-state index in [1.807, 2.05) is 36.4 Å². The maximum atomic E-state index is 12.5. The Bertz CT molecular complexity index is 739. The Morgan fingerprint density at radius 2 is 1.86 bits per heavy atom. The first kappa shape index (κ1) is 14.0. The van der Waals surface area contributed by atoms with Crippen LogP contribution in [0.3, 0.4) is 0 Å². The second kappa shape index (κ2) is 5.45. The van der Waals surface area contributed by atoms with Crippen molar-refractivity contribution in [1.82, 2.24) is 0 Å². The van der Waals surface area contributed by atoms with Crippen LogP contribution in [0.15, 0.2) is 46.9 Å². The second-order valence-electron chi connectivity index (χ2n) is 5.14. The Labute approximate surface area is 131 Å². The fourth-order valence-corrected chi connectivity index (χ4v) is 2.99. The molecule has 0 aliphatic carbocycles. The molecule has 0 atom stereocenters. The summed E-state index contributed by atoms with van der Waals surface area (Å²) in [7, 11) is 1.77. The van der Waals surface area contributed by atoms with Gasteiger partial charge in [-0.1, -0.05) is 28.1 Å². The molecule has 1 heterocycles. The third-order valence-corrected chi connectivity index (χ3v) is 4.27. The predicted molar refractivity (Wildman–Crippen MR) is 85.7 cm³/mol. The van der Waals surface area contributed by atoms with Crippen molar-refractivity contribution in [1.29, 1.82) is 0 Å². The molecule has 0 fully saturated rings. The number of carbonyl (C=O) groups excluding carboxylic acids is 2. The third-order valence-electron chi connectivity index (χ3n) is 3.77. The minimum absolute atomic E-state index is 0.00125. The van der Waals surface area contributed by atoms with Gasteiger partial charge in [0.25, 0.3) is 0 Å². The molecule has 0 saturated heterocycles. The van der Waals surface area contributed by atoms with Gasteiger partial charge in [0.05, 0.1) is 0 Å². The number of ketones is 1. The summed E-state index contributed by atoms with van der Waals surface area (Å²) < 4.78 is 0.886. The molecule has 0 unspecified atom stereocenters. The van der Waals surface area contributed by atoms with Crippen LogP contribution in [0.1, 0.15) is 27.9 Å². The Morgan fingerprint density at radius 3 is 2.62 bits per heavy atom. The molecule has 0 N–H and O–H groups in total. The molecule has 106 valence electrons. The number of nitrogens with zero attached hydrogens (tertiary/aromatic N) is 1. The number of hydrogen-bond donors (Lipinski definition) is 0. The molecule has 3 rings (SSSR count). The molecular weight excluding hydrogens is 330 g/mol. The van der Waals surface area contributed by atoms with Gasteiger partial charge in [-0.3, -0.25) is 9.59 Å². The van der Waals surface area contributed by atoms with Crippen LogP contribution in [0.5, 0.6) is 0 Å². The van der Waals surface area contributed by atoms with E-state index < -0.39 is 0 Å². The largest absolute Gasteiger partial charge is 0.315 e. The van der Waals surface area contributed by atoms with Gasteiger partial charge in [0.2, 0.25) is 5.91 Å². The smallest absolute Gasteiger partial charge is 0.227 e. The molecule has 21 heavy (non-hydrogen) atoms. The van der Waals surface area contributed by atoms with Crippen LogP contribution in [0.4, 0.5) is 5.69 Å². The zero-order valence-electron chi connectivity index (χ0n) is 11.6. The minimum atomic E-state index is -0.00125. The summed E-state index contributed by atoms with van der Waals surface area (Å²) in [5.74, 6) is 0.118. The zero-order valence-corrected chi connectivity index (χ0v) is 13.2. The highest BCUT2D eigenvalue weighted by atomic mass is 79.9. The molecule has 1 aliphatic heterocycles. The van der Waals surface area contributed by atoms with Gasteiger partial charge in [-0.05, 0) is 42.3 Å². The van der Waals surface area contributed by atoms with Crippen molar-refractivity contribution in [2.45, 2.75) is 12.8 Å². The lowest BCUT2D eigenvalue weighted by atomic mass is 9.95. The highest BCUT2D eigenvalue weighted by molar-refractivity contribution is 9.10. The normalized spacial score (nSPS) is 14.0. The van der Waals surface area contributed by atoms with Crippen molar-refractivity contribution >= 4 is 33.3 Å². The van der Waals surface area contributed by atoms with Crippen LogP contribution in [0.2, 0.25) is 0 Å². The molecule has 0 spiro atoms. The number of rotatable bonds is 2. The standard InChI is InChI=1S/C17H14BrNO2/c1-19-15-7-5-13(9-11(15)6-8-16(19)20)17(21)12-3-2-4-14(18)10-12/h2-5,7,9-10H,6,8H2,1H3. The van der Waals surface area contributed by atoms with Gasteiger partial charge < -0.3 is 4.90 Å². The Kier molecular flexibility index (Phi) is 3.64. The molecule has 0 bridgehead atoms. The topological polar surface area (TPSA) is 37.4 Å². The van der Waals surface area contributed by atoms with E-state index in [1.54, 1.807) is 18.0 Å². The van der Waals surface area contributed by atoms with Crippen molar-refractivity contribution in [3.05, 3.63) is 63.6 Å². The highest BCUT2D eigenvalue weighted by Crippen LogP contribution is 2.28. The Balaban J connectivity index is 1.98. The number of carbonyl (C=O) groups is 2. The molecular formula is C17H14BrNO2. The molecule has 2 aromatic carbocycles. The number of aryl methyl sites for hydroxylation is 1. The highest BCUT2D eigenvalue weighted by Gasteiger charge is 2.22. The van der Waals surface area contributed by atoms with Crippen LogP contribution in [0, 0.1) is 0 Å². The maximum absolute atomic E-state index is 12.5. The van der Waals surface area contributed by atoms with Crippen molar-refractivity contribution in [3.63, 3.8) is 0 Å². The van der Waals surface area contributed by atoms with Crippen LogP contribution in [-0.4, -0.2) is 18.7 Å². The first-order valence-corrected chi connectivity index (χ1v) is 7.55. The SMILES string of the molecule is CN1C(=O)CCc2cc(C(=O)c3cccc(Br)c3)ccc21. The molecule has 0 radical (unpaired) electrons. The van der Waals surface area contributed by atoms with Crippen molar-refractivity contribution in [3.8, 4) is 0 Å². The Hall–Kier alpha value is -1.94. The monoisotopic (exact) mass is 343 g/mol. The van der Waals surface area contributed by atoms with Gasteiger partial charge in [-0.25, -0.2) is 0 Å². The lowest BCUT2D eigenvalue weighted by Crippen LogP contribution is -2.31. The van der Waals surface area contributed by atoms with Crippen LogP contribution in [0.25, 0.3) is 0 Å².